The molecule has 0 fully saturated rings. The Morgan fingerprint density at radius 3 is 1.58 bits per heavy atom. The minimum Gasteiger partial charge on any atom is -0.504 e. The quantitative estimate of drug-likeness (QED) is 0.441. The Hall–Kier alpha value is -2.36. The average Bonchev–Trinajstić information content (AvgIpc) is 3.04. The maximum atomic E-state index is 11.3. The summed E-state index contributed by atoms with van der Waals surface area (Å²) in [5.74, 6) is -0.0339. The van der Waals surface area contributed by atoms with Crippen LogP contribution >= 0.6 is 0 Å². The maximum Gasteiger partial charge on any atom is 0.161 e. The molecule has 1 spiro atoms. The maximum absolute atomic E-state index is 11.3. The van der Waals surface area contributed by atoms with Gasteiger partial charge in [-0.3, -0.25) is 0 Å². The molecule has 0 radical (unpaired) electrons. The first-order chi connectivity index (χ1) is 14.2. The zero-order chi connectivity index (χ0) is 23.3. The summed E-state index contributed by atoms with van der Waals surface area (Å²) in [7, 11) is 0. The molecule has 0 saturated heterocycles. The molecule has 168 valence electrons. The number of hydrogen-bond acceptors (Lipinski definition) is 4. The van der Waals surface area contributed by atoms with E-state index < -0.39 is 10.8 Å². The van der Waals surface area contributed by atoms with Crippen molar-refractivity contribution < 1.29 is 20.4 Å². The molecule has 4 rings (SSSR count). The summed E-state index contributed by atoms with van der Waals surface area (Å²) in [4.78, 5) is 0. The van der Waals surface area contributed by atoms with E-state index in [4.69, 9.17) is 0 Å². The zero-order valence-corrected chi connectivity index (χ0v) is 20.0. The topological polar surface area (TPSA) is 80.9 Å². The van der Waals surface area contributed by atoms with Crippen LogP contribution in [0.15, 0.2) is 24.3 Å². The third-order valence-electron chi connectivity index (χ3n) is 9.77. The van der Waals surface area contributed by atoms with E-state index >= 15 is 0 Å². The van der Waals surface area contributed by atoms with Crippen molar-refractivity contribution in [3.63, 3.8) is 0 Å². The van der Waals surface area contributed by atoms with Crippen molar-refractivity contribution in [3.05, 3.63) is 46.5 Å². The fourth-order valence-electron chi connectivity index (χ4n) is 7.05. The highest BCUT2D eigenvalue weighted by Crippen LogP contribution is 2.76. The summed E-state index contributed by atoms with van der Waals surface area (Å²) in [5.41, 5.74) is 1.56. The summed E-state index contributed by atoms with van der Waals surface area (Å²) in [6, 6.07) is 7.01. The molecule has 3 unspecified atom stereocenters. The van der Waals surface area contributed by atoms with Gasteiger partial charge in [0.25, 0.3) is 0 Å². The Balaban J connectivity index is 2.26. The van der Waals surface area contributed by atoms with E-state index in [1.165, 1.54) is 0 Å². The molecule has 0 heterocycles. The molecular formula is C27H36O4. The zero-order valence-electron chi connectivity index (χ0n) is 20.0. The van der Waals surface area contributed by atoms with Crippen molar-refractivity contribution in [2.75, 3.05) is 0 Å². The number of phenols is 4. The van der Waals surface area contributed by atoms with Gasteiger partial charge in [-0.15, -0.1) is 0 Å². The Labute approximate surface area is 185 Å². The highest BCUT2D eigenvalue weighted by molar-refractivity contribution is 5.72. The van der Waals surface area contributed by atoms with Gasteiger partial charge in [0.05, 0.1) is 0 Å². The lowest BCUT2D eigenvalue weighted by Gasteiger charge is -2.51. The minimum absolute atomic E-state index is 0.114. The van der Waals surface area contributed by atoms with Crippen molar-refractivity contribution in [1.29, 1.82) is 0 Å². The van der Waals surface area contributed by atoms with Crippen molar-refractivity contribution in [2.24, 2.45) is 17.3 Å². The SMILES string of the molecule is CC(C)C1(C)CC2(c3c1ccc(O)c3O)c1c(ccc(O)c1O)C(C)(C(C)C)C2(C)C. The fraction of sp³-hybridized carbons (Fsp3) is 0.556. The second-order valence-corrected chi connectivity index (χ2v) is 11.3. The smallest absolute Gasteiger partial charge is 0.161 e. The van der Waals surface area contributed by atoms with Crippen molar-refractivity contribution in [1.82, 2.24) is 0 Å². The summed E-state index contributed by atoms with van der Waals surface area (Å²) in [6.45, 7) is 17.6. The van der Waals surface area contributed by atoms with E-state index in [1.807, 2.05) is 12.1 Å². The number of fused-ring (bicyclic) bond motifs is 4. The molecule has 0 aliphatic heterocycles. The lowest BCUT2D eigenvalue weighted by molar-refractivity contribution is 0.0620. The molecule has 2 aromatic rings. The Kier molecular flexibility index (Phi) is 4.31. The van der Waals surface area contributed by atoms with Gasteiger partial charge < -0.3 is 20.4 Å². The molecular weight excluding hydrogens is 388 g/mol. The predicted molar refractivity (Wildman–Crippen MR) is 123 cm³/mol. The number of hydrogen-bond donors (Lipinski definition) is 4. The van der Waals surface area contributed by atoms with Crippen LogP contribution in [-0.4, -0.2) is 20.4 Å². The van der Waals surface area contributed by atoms with Gasteiger partial charge in [-0.25, -0.2) is 0 Å². The number of benzene rings is 2. The van der Waals surface area contributed by atoms with Crippen LogP contribution < -0.4 is 0 Å². The van der Waals surface area contributed by atoms with E-state index in [2.05, 4.69) is 55.4 Å². The van der Waals surface area contributed by atoms with Gasteiger partial charge in [0.15, 0.2) is 23.0 Å². The van der Waals surface area contributed by atoms with Crippen molar-refractivity contribution >= 4 is 0 Å². The third kappa shape index (κ3) is 2.16. The van der Waals surface area contributed by atoms with Crippen LogP contribution in [0.5, 0.6) is 23.0 Å². The molecule has 31 heavy (non-hydrogen) atoms. The third-order valence-corrected chi connectivity index (χ3v) is 9.77. The minimum atomic E-state index is -0.776. The van der Waals surface area contributed by atoms with E-state index in [1.54, 1.807) is 12.1 Å². The van der Waals surface area contributed by atoms with Crippen LogP contribution in [0.25, 0.3) is 0 Å². The molecule has 4 heteroatoms. The van der Waals surface area contributed by atoms with Gasteiger partial charge in [0.1, 0.15) is 0 Å². The summed E-state index contributed by atoms with van der Waals surface area (Å²) in [5, 5.41) is 43.7. The largest absolute Gasteiger partial charge is 0.504 e. The first-order valence-corrected chi connectivity index (χ1v) is 11.3. The number of aromatic hydroxyl groups is 4. The van der Waals surface area contributed by atoms with Gasteiger partial charge in [-0.05, 0) is 52.3 Å². The summed E-state index contributed by atoms with van der Waals surface area (Å²) >= 11 is 0. The molecule has 0 bridgehead atoms. The molecule has 2 aliphatic carbocycles. The van der Waals surface area contributed by atoms with E-state index in [0.717, 1.165) is 11.1 Å². The second-order valence-electron chi connectivity index (χ2n) is 11.3. The number of phenolic OH excluding ortho intramolecular Hbond substituents is 4. The first kappa shape index (κ1) is 21.9. The Bertz CT molecular complexity index is 1060. The van der Waals surface area contributed by atoms with Gasteiger partial charge in [0, 0.05) is 22.0 Å². The van der Waals surface area contributed by atoms with Crippen LogP contribution in [0.4, 0.5) is 0 Å². The molecule has 4 N–H and O–H groups in total. The summed E-state index contributed by atoms with van der Waals surface area (Å²) in [6.07, 6.45) is 0.670. The van der Waals surface area contributed by atoms with Gasteiger partial charge in [0.2, 0.25) is 0 Å². The second kappa shape index (κ2) is 6.11. The van der Waals surface area contributed by atoms with Gasteiger partial charge >= 0.3 is 0 Å². The molecule has 0 saturated carbocycles. The normalized spacial score (nSPS) is 30.9. The Morgan fingerprint density at radius 1 is 0.677 bits per heavy atom. The summed E-state index contributed by atoms with van der Waals surface area (Å²) < 4.78 is 0. The van der Waals surface area contributed by atoms with E-state index in [-0.39, 0.29) is 45.7 Å². The highest BCUT2D eigenvalue weighted by atomic mass is 16.3. The molecule has 2 aliphatic rings. The monoisotopic (exact) mass is 424 g/mol. The lowest BCUT2D eigenvalue weighted by atomic mass is 9.51. The highest BCUT2D eigenvalue weighted by Gasteiger charge is 2.71. The molecule has 0 aromatic heterocycles. The van der Waals surface area contributed by atoms with Gasteiger partial charge in [-0.2, -0.15) is 0 Å². The molecule has 4 nitrogen and oxygen atoms in total. The van der Waals surface area contributed by atoms with Crippen LogP contribution in [-0.2, 0) is 16.2 Å². The van der Waals surface area contributed by atoms with Gasteiger partial charge in [-0.1, -0.05) is 67.5 Å². The predicted octanol–water partition coefficient (Wildman–Crippen LogP) is 6.07. The van der Waals surface area contributed by atoms with Crippen molar-refractivity contribution in [3.8, 4) is 23.0 Å². The van der Waals surface area contributed by atoms with Crippen molar-refractivity contribution in [2.45, 2.75) is 78.1 Å². The molecule has 3 atom stereocenters. The first-order valence-electron chi connectivity index (χ1n) is 11.3. The van der Waals surface area contributed by atoms with Crippen LogP contribution in [0.2, 0.25) is 0 Å². The van der Waals surface area contributed by atoms with Crippen LogP contribution in [0, 0.1) is 17.3 Å². The van der Waals surface area contributed by atoms with E-state index in [9.17, 15) is 20.4 Å². The molecule has 2 aromatic carbocycles. The lowest BCUT2D eigenvalue weighted by Crippen LogP contribution is -2.50. The van der Waals surface area contributed by atoms with E-state index in [0.29, 0.717) is 17.5 Å². The fourth-order valence-corrected chi connectivity index (χ4v) is 7.05. The standard InChI is InChI=1S/C27H36O4/c1-14(2)25(7)13-27(20-16(25)9-11-18(28)22(20)30)21-17(10-12-19(29)23(21)31)26(8,15(3)4)24(27,5)6/h9-12,14-15,28-31H,13H2,1-8H3. The van der Waals surface area contributed by atoms with Crippen LogP contribution in [0.1, 0.15) is 84.1 Å². The molecule has 0 amide bonds. The number of rotatable bonds is 2. The Morgan fingerprint density at radius 2 is 1.13 bits per heavy atom. The average molecular weight is 425 g/mol. The van der Waals surface area contributed by atoms with Crippen LogP contribution in [0.3, 0.4) is 0 Å².